The summed E-state index contributed by atoms with van der Waals surface area (Å²) in [7, 11) is 0. The molecule has 2 aliphatic rings. The molecule has 2 aromatic heterocycles. The van der Waals surface area contributed by atoms with Gasteiger partial charge in [0, 0.05) is 36.7 Å². The quantitative estimate of drug-likeness (QED) is 0.672. The topological polar surface area (TPSA) is 59.4 Å². The van der Waals surface area contributed by atoms with Crippen molar-refractivity contribution in [2.45, 2.75) is 45.7 Å². The van der Waals surface area contributed by atoms with Crippen molar-refractivity contribution in [3.8, 4) is 0 Å². The summed E-state index contributed by atoms with van der Waals surface area (Å²) in [5.41, 5.74) is 3.56. The highest BCUT2D eigenvalue weighted by molar-refractivity contribution is 7.18. The normalized spacial score (nSPS) is 17.2. The van der Waals surface area contributed by atoms with Crippen molar-refractivity contribution in [2.24, 2.45) is 0 Å². The molecule has 1 N–H and O–H groups in total. The Morgan fingerprint density at radius 1 is 1.20 bits per heavy atom. The number of anilines is 2. The van der Waals surface area contributed by atoms with Crippen molar-refractivity contribution in [1.29, 1.82) is 0 Å². The fourth-order valence-electron chi connectivity index (χ4n) is 4.52. The molecule has 1 aliphatic heterocycles. The van der Waals surface area contributed by atoms with Gasteiger partial charge in [-0.15, -0.1) is 11.3 Å². The maximum atomic E-state index is 13.3. The first-order chi connectivity index (χ1) is 14.7. The zero-order valence-electron chi connectivity index (χ0n) is 17.4. The van der Waals surface area contributed by atoms with Gasteiger partial charge < -0.3 is 10.1 Å². The SMILES string of the molecule is CCn1c(Nc2cccc(CN3CCOCC3)c2)nc2sc3c(c2c1=O)CCCC3. The third-order valence-corrected chi connectivity index (χ3v) is 7.27. The molecule has 0 unspecified atom stereocenters. The van der Waals surface area contributed by atoms with E-state index in [0.717, 1.165) is 61.6 Å². The second-order valence-corrected chi connectivity index (χ2v) is 9.17. The molecule has 0 saturated carbocycles. The number of rotatable bonds is 5. The minimum atomic E-state index is 0.0915. The lowest BCUT2D eigenvalue weighted by Crippen LogP contribution is -2.35. The minimum absolute atomic E-state index is 0.0915. The van der Waals surface area contributed by atoms with Gasteiger partial charge in [-0.25, -0.2) is 4.98 Å². The molecule has 5 rings (SSSR count). The molecule has 1 aliphatic carbocycles. The minimum Gasteiger partial charge on any atom is -0.379 e. The van der Waals surface area contributed by atoms with Gasteiger partial charge in [0.2, 0.25) is 5.95 Å². The molecule has 1 saturated heterocycles. The molecule has 0 spiro atoms. The van der Waals surface area contributed by atoms with Crippen LogP contribution >= 0.6 is 11.3 Å². The van der Waals surface area contributed by atoms with E-state index in [0.29, 0.717) is 12.5 Å². The summed E-state index contributed by atoms with van der Waals surface area (Å²) in [6.07, 6.45) is 4.46. The van der Waals surface area contributed by atoms with Crippen LogP contribution in [0.15, 0.2) is 29.1 Å². The molecule has 3 aromatic rings. The Balaban J connectivity index is 1.46. The predicted molar refractivity (Wildman–Crippen MR) is 122 cm³/mol. The standard InChI is InChI=1S/C23H28N4O2S/c1-2-27-22(28)20-18-8-3-4-9-19(18)30-21(20)25-23(27)24-17-7-5-6-16(14-17)15-26-10-12-29-13-11-26/h5-7,14H,2-4,8-13,15H2,1H3,(H,24,25). The number of hydrogen-bond donors (Lipinski definition) is 1. The van der Waals surface area contributed by atoms with E-state index < -0.39 is 0 Å². The Labute approximate surface area is 180 Å². The van der Waals surface area contributed by atoms with Crippen LogP contribution in [0.2, 0.25) is 0 Å². The highest BCUT2D eigenvalue weighted by atomic mass is 32.1. The average molecular weight is 425 g/mol. The number of aromatic nitrogens is 2. The van der Waals surface area contributed by atoms with Crippen molar-refractivity contribution < 1.29 is 4.74 Å². The predicted octanol–water partition coefficient (Wildman–Crippen LogP) is 3.93. The van der Waals surface area contributed by atoms with Crippen molar-refractivity contribution in [2.75, 3.05) is 31.6 Å². The highest BCUT2D eigenvalue weighted by Gasteiger charge is 2.22. The van der Waals surface area contributed by atoms with Gasteiger partial charge in [0.25, 0.3) is 5.56 Å². The molecular weight excluding hydrogens is 396 g/mol. The summed E-state index contributed by atoms with van der Waals surface area (Å²) in [5, 5.41) is 4.28. The first-order valence-corrected chi connectivity index (χ1v) is 11.8. The molecule has 0 amide bonds. The Bertz CT molecular complexity index is 1110. The molecule has 0 radical (unpaired) electrons. The van der Waals surface area contributed by atoms with Gasteiger partial charge in [0.05, 0.1) is 18.6 Å². The second kappa shape index (κ2) is 8.49. The fourth-order valence-corrected chi connectivity index (χ4v) is 5.77. The van der Waals surface area contributed by atoms with Gasteiger partial charge in [-0.1, -0.05) is 12.1 Å². The van der Waals surface area contributed by atoms with Crippen LogP contribution in [0.1, 0.15) is 35.8 Å². The molecular formula is C23H28N4O2S. The Morgan fingerprint density at radius 3 is 2.87 bits per heavy atom. The van der Waals surface area contributed by atoms with E-state index in [4.69, 9.17) is 9.72 Å². The van der Waals surface area contributed by atoms with Crippen molar-refractivity contribution >= 4 is 33.2 Å². The van der Waals surface area contributed by atoms with Crippen LogP contribution < -0.4 is 10.9 Å². The van der Waals surface area contributed by atoms with Crippen molar-refractivity contribution in [1.82, 2.24) is 14.5 Å². The molecule has 158 valence electrons. The maximum Gasteiger partial charge on any atom is 0.263 e. The van der Waals surface area contributed by atoms with Crippen molar-refractivity contribution in [3.05, 3.63) is 50.6 Å². The molecule has 30 heavy (non-hydrogen) atoms. The molecule has 0 atom stereocenters. The number of benzene rings is 1. The molecule has 1 fully saturated rings. The van der Waals surface area contributed by atoms with Crippen LogP contribution in [-0.2, 0) is 30.7 Å². The first-order valence-electron chi connectivity index (χ1n) is 10.9. The monoisotopic (exact) mass is 424 g/mol. The zero-order valence-corrected chi connectivity index (χ0v) is 18.3. The molecule has 7 heteroatoms. The average Bonchev–Trinajstić information content (AvgIpc) is 3.13. The maximum absolute atomic E-state index is 13.3. The fraction of sp³-hybridized carbons (Fsp3) is 0.478. The lowest BCUT2D eigenvalue weighted by Gasteiger charge is -2.26. The van der Waals surface area contributed by atoms with Crippen LogP contribution in [0.25, 0.3) is 10.2 Å². The molecule has 0 bridgehead atoms. The van der Waals surface area contributed by atoms with Crippen LogP contribution in [0.5, 0.6) is 0 Å². The Hall–Kier alpha value is -2.22. The smallest absolute Gasteiger partial charge is 0.263 e. The van der Waals surface area contributed by atoms with Gasteiger partial charge in [-0.3, -0.25) is 14.3 Å². The first kappa shape index (κ1) is 19.7. The third-order valence-electron chi connectivity index (χ3n) is 6.08. The van der Waals surface area contributed by atoms with Crippen molar-refractivity contribution in [3.63, 3.8) is 0 Å². The molecule has 3 heterocycles. The van der Waals surface area contributed by atoms with Gasteiger partial charge in [-0.05, 0) is 55.9 Å². The Kier molecular flexibility index (Phi) is 5.58. The number of thiophene rings is 1. The van der Waals surface area contributed by atoms with E-state index in [9.17, 15) is 4.79 Å². The third kappa shape index (κ3) is 3.77. The lowest BCUT2D eigenvalue weighted by atomic mass is 9.97. The summed E-state index contributed by atoms with van der Waals surface area (Å²) in [6, 6.07) is 8.41. The summed E-state index contributed by atoms with van der Waals surface area (Å²) in [4.78, 5) is 22.8. The number of morpholine rings is 1. The summed E-state index contributed by atoms with van der Waals surface area (Å²) in [5.74, 6) is 0.636. The van der Waals surface area contributed by atoms with E-state index in [-0.39, 0.29) is 5.56 Å². The van der Waals surface area contributed by atoms with E-state index in [2.05, 4.69) is 28.4 Å². The largest absolute Gasteiger partial charge is 0.379 e. The summed E-state index contributed by atoms with van der Waals surface area (Å²) >= 11 is 1.70. The number of fused-ring (bicyclic) bond motifs is 3. The van der Waals surface area contributed by atoms with Gasteiger partial charge in [0.15, 0.2) is 0 Å². The number of hydrogen-bond acceptors (Lipinski definition) is 6. The van der Waals surface area contributed by atoms with Crippen LogP contribution in [0.4, 0.5) is 11.6 Å². The summed E-state index contributed by atoms with van der Waals surface area (Å²) in [6.45, 7) is 7.05. The summed E-state index contributed by atoms with van der Waals surface area (Å²) < 4.78 is 7.22. The number of ether oxygens (including phenoxy) is 1. The van der Waals surface area contributed by atoms with E-state index in [1.807, 2.05) is 13.0 Å². The zero-order chi connectivity index (χ0) is 20.5. The van der Waals surface area contributed by atoms with Gasteiger partial charge >= 0.3 is 0 Å². The number of aryl methyl sites for hydroxylation is 2. The molecule has 1 aromatic carbocycles. The highest BCUT2D eigenvalue weighted by Crippen LogP contribution is 2.34. The van der Waals surface area contributed by atoms with E-state index >= 15 is 0 Å². The van der Waals surface area contributed by atoms with Gasteiger partial charge in [0.1, 0.15) is 4.83 Å². The van der Waals surface area contributed by atoms with E-state index in [1.165, 1.54) is 28.8 Å². The van der Waals surface area contributed by atoms with Crippen LogP contribution in [-0.4, -0.2) is 40.8 Å². The Morgan fingerprint density at radius 2 is 2.03 bits per heavy atom. The number of nitrogens with zero attached hydrogens (tertiary/aromatic N) is 3. The van der Waals surface area contributed by atoms with Gasteiger partial charge in [-0.2, -0.15) is 0 Å². The van der Waals surface area contributed by atoms with E-state index in [1.54, 1.807) is 15.9 Å². The second-order valence-electron chi connectivity index (χ2n) is 8.09. The number of nitrogens with one attached hydrogen (secondary N) is 1. The van der Waals surface area contributed by atoms with Crippen LogP contribution in [0, 0.1) is 0 Å². The van der Waals surface area contributed by atoms with Crippen LogP contribution in [0.3, 0.4) is 0 Å². The lowest BCUT2D eigenvalue weighted by molar-refractivity contribution is 0.0342. The molecule has 6 nitrogen and oxygen atoms in total.